The molecule has 94 valence electrons. The van der Waals surface area contributed by atoms with Crippen LogP contribution >= 0.6 is 0 Å². The summed E-state index contributed by atoms with van der Waals surface area (Å²) in [4.78, 5) is 18.1. The molecule has 0 spiro atoms. The van der Waals surface area contributed by atoms with Crippen LogP contribution in [0.2, 0.25) is 0 Å². The number of H-pyrrole nitrogens is 1. The van der Waals surface area contributed by atoms with Gasteiger partial charge in [0.2, 0.25) is 5.75 Å². The van der Waals surface area contributed by atoms with Crippen LogP contribution in [0.15, 0.2) is 11.1 Å². The zero-order chi connectivity index (χ0) is 12.3. The van der Waals surface area contributed by atoms with Crippen molar-refractivity contribution in [3.63, 3.8) is 0 Å². The first kappa shape index (κ1) is 12.0. The third-order valence-corrected chi connectivity index (χ3v) is 3.38. The molecule has 0 bridgehead atoms. The monoisotopic (exact) mass is 237 g/mol. The molecule has 2 atom stereocenters. The molecule has 17 heavy (non-hydrogen) atoms. The van der Waals surface area contributed by atoms with Gasteiger partial charge in [-0.25, -0.2) is 4.98 Å². The fraction of sp³-hybridized carbons (Fsp3) is 0.667. The fourth-order valence-corrected chi connectivity index (χ4v) is 2.45. The van der Waals surface area contributed by atoms with Crippen LogP contribution in [0, 0.1) is 11.8 Å². The van der Waals surface area contributed by atoms with Gasteiger partial charge in [0.25, 0.3) is 5.56 Å². The molecular weight excluding hydrogens is 218 g/mol. The molecular formula is C12H19N3O2. The minimum Gasteiger partial charge on any atom is -0.489 e. The van der Waals surface area contributed by atoms with Crippen molar-refractivity contribution in [3.8, 4) is 5.75 Å². The predicted molar refractivity (Wildman–Crippen MR) is 66.4 cm³/mol. The molecule has 0 amide bonds. The summed E-state index contributed by atoms with van der Waals surface area (Å²) in [6, 6.07) is 0. The van der Waals surface area contributed by atoms with Gasteiger partial charge in [-0.1, -0.05) is 13.3 Å². The van der Waals surface area contributed by atoms with Crippen LogP contribution in [-0.2, 0) is 0 Å². The Labute approximate surface area is 101 Å². The van der Waals surface area contributed by atoms with E-state index >= 15 is 0 Å². The average Bonchev–Trinajstić information content (AvgIpc) is 2.72. The number of hydrogen-bond acceptors (Lipinski definition) is 4. The quantitative estimate of drug-likeness (QED) is 0.835. The van der Waals surface area contributed by atoms with E-state index in [9.17, 15) is 4.79 Å². The molecule has 0 saturated heterocycles. The van der Waals surface area contributed by atoms with E-state index in [1.54, 1.807) is 0 Å². The zero-order valence-corrected chi connectivity index (χ0v) is 10.3. The zero-order valence-electron chi connectivity index (χ0n) is 10.3. The van der Waals surface area contributed by atoms with E-state index < -0.39 is 0 Å². The van der Waals surface area contributed by atoms with Gasteiger partial charge in [-0.3, -0.25) is 4.79 Å². The SMILES string of the molecule is COc1c(NCC2CCC(C)C2)nc[nH]c1=O. The van der Waals surface area contributed by atoms with Crippen molar-refractivity contribution in [2.45, 2.75) is 26.2 Å². The number of ether oxygens (including phenoxy) is 1. The van der Waals surface area contributed by atoms with Gasteiger partial charge >= 0.3 is 0 Å². The Morgan fingerprint density at radius 2 is 2.41 bits per heavy atom. The number of aromatic nitrogens is 2. The number of hydrogen-bond donors (Lipinski definition) is 2. The van der Waals surface area contributed by atoms with Crippen molar-refractivity contribution >= 4 is 5.82 Å². The van der Waals surface area contributed by atoms with Gasteiger partial charge in [0.15, 0.2) is 5.82 Å². The van der Waals surface area contributed by atoms with Crippen LogP contribution < -0.4 is 15.6 Å². The van der Waals surface area contributed by atoms with Crippen molar-refractivity contribution in [1.82, 2.24) is 9.97 Å². The van der Waals surface area contributed by atoms with Gasteiger partial charge in [-0.2, -0.15) is 0 Å². The van der Waals surface area contributed by atoms with Crippen molar-refractivity contribution in [2.75, 3.05) is 19.0 Å². The van der Waals surface area contributed by atoms with Crippen molar-refractivity contribution in [2.24, 2.45) is 11.8 Å². The molecule has 1 aromatic heterocycles. The lowest BCUT2D eigenvalue weighted by Crippen LogP contribution is -2.17. The number of methoxy groups -OCH3 is 1. The smallest absolute Gasteiger partial charge is 0.295 e. The summed E-state index contributed by atoms with van der Waals surface area (Å²) < 4.78 is 5.04. The summed E-state index contributed by atoms with van der Waals surface area (Å²) >= 11 is 0. The third-order valence-electron chi connectivity index (χ3n) is 3.38. The van der Waals surface area contributed by atoms with Crippen LogP contribution in [0.4, 0.5) is 5.82 Å². The van der Waals surface area contributed by atoms with E-state index in [2.05, 4.69) is 22.2 Å². The first-order valence-electron chi connectivity index (χ1n) is 6.06. The van der Waals surface area contributed by atoms with E-state index in [4.69, 9.17) is 4.74 Å². The maximum absolute atomic E-state index is 11.5. The minimum atomic E-state index is -0.246. The Kier molecular flexibility index (Phi) is 3.66. The van der Waals surface area contributed by atoms with E-state index in [1.165, 1.54) is 32.7 Å². The average molecular weight is 237 g/mol. The molecule has 1 aliphatic rings. The number of rotatable bonds is 4. The van der Waals surface area contributed by atoms with Gasteiger partial charge in [-0.15, -0.1) is 0 Å². The summed E-state index contributed by atoms with van der Waals surface area (Å²) in [5, 5.41) is 3.21. The highest BCUT2D eigenvalue weighted by Gasteiger charge is 2.21. The largest absolute Gasteiger partial charge is 0.489 e. The first-order chi connectivity index (χ1) is 8.20. The van der Waals surface area contributed by atoms with Crippen LogP contribution in [0.1, 0.15) is 26.2 Å². The molecule has 1 aliphatic carbocycles. The molecule has 0 aromatic carbocycles. The summed E-state index contributed by atoms with van der Waals surface area (Å²) in [6.07, 6.45) is 5.19. The predicted octanol–water partition coefficient (Wildman–Crippen LogP) is 1.63. The summed E-state index contributed by atoms with van der Waals surface area (Å²) in [5.41, 5.74) is -0.246. The molecule has 0 aliphatic heterocycles. The van der Waals surface area contributed by atoms with E-state index in [1.807, 2.05) is 0 Å². The minimum absolute atomic E-state index is 0.246. The Balaban J connectivity index is 1.99. The molecule has 2 rings (SSSR count). The van der Waals surface area contributed by atoms with E-state index in [0.717, 1.165) is 12.5 Å². The first-order valence-corrected chi connectivity index (χ1v) is 6.06. The van der Waals surface area contributed by atoms with Crippen LogP contribution in [0.25, 0.3) is 0 Å². The molecule has 2 N–H and O–H groups in total. The third kappa shape index (κ3) is 2.78. The molecule has 5 heteroatoms. The normalized spacial score (nSPS) is 23.6. The molecule has 5 nitrogen and oxygen atoms in total. The van der Waals surface area contributed by atoms with Crippen molar-refractivity contribution in [3.05, 3.63) is 16.7 Å². The van der Waals surface area contributed by atoms with Gasteiger partial charge in [0, 0.05) is 6.54 Å². The Bertz CT molecular complexity index is 430. The number of anilines is 1. The second-order valence-corrected chi connectivity index (χ2v) is 4.78. The Hall–Kier alpha value is -1.52. The molecule has 1 heterocycles. The van der Waals surface area contributed by atoms with E-state index in [-0.39, 0.29) is 11.3 Å². The van der Waals surface area contributed by atoms with Crippen LogP contribution in [0.3, 0.4) is 0 Å². The standard InChI is InChI=1S/C12H19N3O2/c1-8-3-4-9(5-8)6-13-11-10(17-2)12(16)15-7-14-11/h7-9H,3-6H2,1-2H3,(H2,13,14,15,16). The summed E-state index contributed by atoms with van der Waals surface area (Å²) in [6.45, 7) is 3.14. The second-order valence-electron chi connectivity index (χ2n) is 4.78. The Morgan fingerprint density at radius 3 is 3.06 bits per heavy atom. The van der Waals surface area contributed by atoms with Crippen LogP contribution in [0.5, 0.6) is 5.75 Å². The van der Waals surface area contributed by atoms with Crippen molar-refractivity contribution in [1.29, 1.82) is 0 Å². The molecule has 1 fully saturated rings. The molecule has 0 radical (unpaired) electrons. The lowest BCUT2D eigenvalue weighted by atomic mass is 10.1. The molecule has 2 unspecified atom stereocenters. The van der Waals surface area contributed by atoms with Gasteiger partial charge in [-0.05, 0) is 24.7 Å². The molecule has 1 saturated carbocycles. The van der Waals surface area contributed by atoms with Gasteiger partial charge < -0.3 is 15.0 Å². The highest BCUT2D eigenvalue weighted by Crippen LogP contribution is 2.30. The lowest BCUT2D eigenvalue weighted by molar-refractivity contribution is 0.407. The molecule has 1 aromatic rings. The number of aromatic amines is 1. The number of nitrogens with zero attached hydrogens (tertiary/aromatic N) is 1. The highest BCUT2D eigenvalue weighted by atomic mass is 16.5. The van der Waals surface area contributed by atoms with Gasteiger partial charge in [0.1, 0.15) is 0 Å². The highest BCUT2D eigenvalue weighted by molar-refractivity contribution is 5.47. The topological polar surface area (TPSA) is 67.0 Å². The summed E-state index contributed by atoms with van der Waals surface area (Å²) in [5.74, 6) is 2.29. The lowest BCUT2D eigenvalue weighted by Gasteiger charge is -2.13. The van der Waals surface area contributed by atoms with E-state index in [0.29, 0.717) is 11.7 Å². The Morgan fingerprint density at radius 1 is 1.59 bits per heavy atom. The van der Waals surface area contributed by atoms with Crippen molar-refractivity contribution < 1.29 is 4.74 Å². The van der Waals surface area contributed by atoms with Gasteiger partial charge in [0.05, 0.1) is 13.4 Å². The summed E-state index contributed by atoms with van der Waals surface area (Å²) in [7, 11) is 1.48. The second kappa shape index (κ2) is 5.21. The maximum Gasteiger partial charge on any atom is 0.295 e. The van der Waals surface area contributed by atoms with Crippen LogP contribution in [-0.4, -0.2) is 23.6 Å². The maximum atomic E-state index is 11.5. The fourth-order valence-electron chi connectivity index (χ4n) is 2.45. The number of nitrogens with one attached hydrogen (secondary N) is 2.